The fourth-order valence-electron chi connectivity index (χ4n) is 5.25. The van der Waals surface area contributed by atoms with Crippen LogP contribution in [0.4, 0.5) is 0 Å². The summed E-state index contributed by atoms with van der Waals surface area (Å²) in [7, 11) is -1.63. The molecule has 2 amide bonds. The van der Waals surface area contributed by atoms with Gasteiger partial charge in [0.25, 0.3) is 11.8 Å². The van der Waals surface area contributed by atoms with Crippen molar-refractivity contribution in [2.45, 2.75) is 39.3 Å². The predicted octanol–water partition coefficient (Wildman–Crippen LogP) is 7.78. The molecule has 262 valence electrons. The van der Waals surface area contributed by atoms with Gasteiger partial charge < -0.3 is 37.4 Å². The van der Waals surface area contributed by atoms with Gasteiger partial charge in [-0.1, -0.05) is 24.3 Å². The minimum atomic E-state index is -3.87. The molecule has 0 aliphatic rings. The van der Waals surface area contributed by atoms with Crippen molar-refractivity contribution < 1.29 is 46.3 Å². The molecule has 3 rings (SSSR count). The first-order valence-corrected chi connectivity index (χ1v) is 18.9. The van der Waals surface area contributed by atoms with Gasteiger partial charge in [-0.05, 0) is 87.4 Å². The van der Waals surface area contributed by atoms with Crippen LogP contribution in [0.15, 0.2) is 72.8 Å². The summed E-state index contributed by atoms with van der Waals surface area (Å²) in [6, 6.07) is 19.7. The summed E-state index contributed by atoms with van der Waals surface area (Å²) in [6.45, 7) is 7.22. The van der Waals surface area contributed by atoms with Gasteiger partial charge in [-0.3, -0.25) is 18.7 Å². The molecule has 0 aliphatic carbocycles. The van der Waals surface area contributed by atoms with E-state index in [1.165, 1.54) is 62.4 Å². The first-order valence-electron chi connectivity index (χ1n) is 15.6. The summed E-state index contributed by atoms with van der Waals surface area (Å²) in [5.41, 5.74) is 1.53. The van der Waals surface area contributed by atoms with E-state index >= 15 is 0 Å². The van der Waals surface area contributed by atoms with Crippen LogP contribution in [0.2, 0.25) is 0 Å². The number of hydrogen-bond donors (Lipinski definition) is 0. The topological polar surface area (TPSA) is 130 Å². The van der Waals surface area contributed by atoms with Gasteiger partial charge in [0.2, 0.25) is 0 Å². The van der Waals surface area contributed by atoms with Crippen molar-refractivity contribution in [1.29, 1.82) is 0 Å². The SMILES string of the molecule is CCOP(=O)(OCC)C(c1ccc(OC)cc1)N(C)C(=O)c1ccc(C(=O)N(C)C(c2ccc(OC)cc2)P(=O)(OCC)OCC)cc1. The van der Waals surface area contributed by atoms with Gasteiger partial charge >= 0.3 is 15.2 Å². The van der Waals surface area contributed by atoms with Crippen LogP contribution in [0.5, 0.6) is 11.5 Å². The van der Waals surface area contributed by atoms with Crippen molar-refractivity contribution in [3.8, 4) is 11.5 Å². The second-order valence-electron chi connectivity index (χ2n) is 10.5. The molecule has 3 aromatic carbocycles. The molecule has 0 heterocycles. The molecule has 0 bridgehead atoms. The molecule has 2 atom stereocenters. The zero-order valence-electron chi connectivity index (χ0n) is 28.8. The lowest BCUT2D eigenvalue weighted by Crippen LogP contribution is -2.33. The maximum atomic E-state index is 14.1. The largest absolute Gasteiger partial charge is 0.497 e. The Bertz CT molecular complexity index is 1440. The monoisotopic (exact) mass is 704 g/mol. The van der Waals surface area contributed by atoms with E-state index in [2.05, 4.69) is 0 Å². The summed E-state index contributed by atoms with van der Waals surface area (Å²) in [5.74, 6) is -1.91. The highest BCUT2D eigenvalue weighted by atomic mass is 31.2. The van der Waals surface area contributed by atoms with Crippen molar-refractivity contribution in [2.75, 3.05) is 54.7 Å². The van der Waals surface area contributed by atoms with Crippen LogP contribution < -0.4 is 9.47 Å². The fraction of sp³-hybridized carbons (Fsp3) is 0.412. The highest BCUT2D eigenvalue weighted by Crippen LogP contribution is 2.63. The number of benzene rings is 3. The Balaban J connectivity index is 1.97. The maximum Gasteiger partial charge on any atom is 0.357 e. The molecule has 14 heteroatoms. The number of carbonyl (C=O) groups is 2. The normalized spacial score (nSPS) is 13.0. The van der Waals surface area contributed by atoms with E-state index < -0.39 is 38.6 Å². The first kappa shape index (κ1) is 38.9. The number of carbonyl (C=O) groups excluding carboxylic acids is 2. The molecule has 0 saturated heterocycles. The molecule has 0 fully saturated rings. The molecule has 0 N–H and O–H groups in total. The molecule has 0 saturated carbocycles. The lowest BCUT2D eigenvalue weighted by Gasteiger charge is -2.34. The van der Waals surface area contributed by atoms with Crippen LogP contribution in [0.25, 0.3) is 0 Å². The average Bonchev–Trinajstić information content (AvgIpc) is 3.08. The second-order valence-corrected chi connectivity index (χ2v) is 14.6. The molecule has 0 radical (unpaired) electrons. The van der Waals surface area contributed by atoms with Crippen LogP contribution in [-0.2, 0) is 27.2 Å². The van der Waals surface area contributed by atoms with Gasteiger partial charge in [-0.15, -0.1) is 0 Å². The average molecular weight is 705 g/mol. The minimum absolute atomic E-state index is 0.104. The van der Waals surface area contributed by atoms with E-state index in [-0.39, 0.29) is 37.6 Å². The summed E-state index contributed by atoms with van der Waals surface area (Å²) >= 11 is 0. The molecular weight excluding hydrogens is 658 g/mol. The van der Waals surface area contributed by atoms with Crippen LogP contribution in [0.1, 0.15) is 71.1 Å². The van der Waals surface area contributed by atoms with Crippen molar-refractivity contribution in [2.24, 2.45) is 0 Å². The lowest BCUT2D eigenvalue weighted by atomic mass is 10.1. The van der Waals surface area contributed by atoms with Crippen molar-refractivity contribution >= 4 is 27.0 Å². The quantitative estimate of drug-likeness (QED) is 0.121. The van der Waals surface area contributed by atoms with Crippen LogP contribution >= 0.6 is 15.2 Å². The van der Waals surface area contributed by atoms with Crippen LogP contribution in [-0.4, -0.2) is 76.4 Å². The van der Waals surface area contributed by atoms with Gasteiger partial charge in [0.15, 0.2) is 11.6 Å². The maximum absolute atomic E-state index is 14.1. The Morgan fingerprint density at radius 2 is 0.812 bits per heavy atom. The lowest BCUT2D eigenvalue weighted by molar-refractivity contribution is 0.0733. The number of amides is 2. The molecule has 48 heavy (non-hydrogen) atoms. The Labute approximate surface area is 283 Å². The van der Waals surface area contributed by atoms with E-state index in [1.54, 1.807) is 76.2 Å². The van der Waals surface area contributed by atoms with Gasteiger partial charge in [-0.2, -0.15) is 0 Å². The third kappa shape index (κ3) is 8.94. The molecule has 0 aliphatic heterocycles. The van der Waals surface area contributed by atoms with Crippen molar-refractivity contribution in [1.82, 2.24) is 9.80 Å². The Morgan fingerprint density at radius 1 is 0.542 bits per heavy atom. The molecule has 3 aromatic rings. The van der Waals surface area contributed by atoms with Gasteiger partial charge in [-0.25, -0.2) is 0 Å². The van der Waals surface area contributed by atoms with Crippen molar-refractivity contribution in [3.63, 3.8) is 0 Å². The van der Waals surface area contributed by atoms with E-state index in [4.69, 9.17) is 27.6 Å². The van der Waals surface area contributed by atoms with E-state index in [1.807, 2.05) is 0 Å². The molecule has 2 unspecified atom stereocenters. The molecular formula is C34H46N2O10P2. The Hall–Kier alpha value is -3.50. The molecule has 0 aromatic heterocycles. The van der Waals surface area contributed by atoms with E-state index in [0.717, 1.165) is 0 Å². The fourth-order valence-corrected chi connectivity index (χ4v) is 9.54. The first-order chi connectivity index (χ1) is 22.9. The number of ether oxygens (including phenoxy) is 2. The molecule has 0 spiro atoms. The van der Waals surface area contributed by atoms with Gasteiger partial charge in [0, 0.05) is 25.2 Å². The summed E-state index contributed by atoms with van der Waals surface area (Å²) in [6.07, 6.45) is 0. The zero-order valence-corrected chi connectivity index (χ0v) is 30.6. The zero-order chi connectivity index (χ0) is 35.5. The van der Waals surface area contributed by atoms with Crippen LogP contribution in [0, 0.1) is 0 Å². The number of hydrogen-bond acceptors (Lipinski definition) is 10. The third-order valence-electron chi connectivity index (χ3n) is 7.42. The predicted molar refractivity (Wildman–Crippen MR) is 184 cm³/mol. The van der Waals surface area contributed by atoms with Gasteiger partial charge in [0.1, 0.15) is 11.5 Å². The minimum Gasteiger partial charge on any atom is -0.497 e. The van der Waals surface area contributed by atoms with E-state index in [0.29, 0.717) is 22.6 Å². The highest BCUT2D eigenvalue weighted by molar-refractivity contribution is 7.54. The Morgan fingerprint density at radius 3 is 1.04 bits per heavy atom. The summed E-state index contributed by atoms with van der Waals surface area (Å²) in [4.78, 5) is 30.4. The van der Waals surface area contributed by atoms with Crippen molar-refractivity contribution in [3.05, 3.63) is 95.1 Å². The highest BCUT2D eigenvalue weighted by Gasteiger charge is 2.43. The smallest absolute Gasteiger partial charge is 0.357 e. The van der Waals surface area contributed by atoms with E-state index in [9.17, 15) is 18.7 Å². The van der Waals surface area contributed by atoms with Gasteiger partial charge in [0.05, 0.1) is 40.6 Å². The number of methoxy groups -OCH3 is 2. The third-order valence-corrected chi connectivity index (χ3v) is 12.4. The number of rotatable bonds is 18. The molecule has 12 nitrogen and oxygen atoms in total. The van der Waals surface area contributed by atoms with Crippen LogP contribution in [0.3, 0.4) is 0 Å². The Kier molecular flexibility index (Phi) is 14.4. The number of nitrogens with zero attached hydrogens (tertiary/aromatic N) is 2. The second kappa shape index (κ2) is 17.8. The summed E-state index contributed by atoms with van der Waals surface area (Å²) < 4.78 is 61.4. The standard InChI is InChI=1S/C34H46N2O10P2/c1-9-43-47(39,44-10-2)33(27-17-21-29(41-7)22-18-27)35(5)31(37)25-13-15-26(16-14-25)32(38)36(6)34(48(40,45-11-3)46-12-4)28-19-23-30(42-8)24-20-28/h13-24,33-34H,9-12H2,1-8H3. The summed E-state index contributed by atoms with van der Waals surface area (Å²) in [5, 5.41) is 0.